The molecule has 0 spiro atoms. The normalized spacial score (nSPS) is 13.6. The monoisotopic (exact) mass is 374 g/mol. The van der Waals surface area contributed by atoms with Crippen LogP contribution >= 0.6 is 27.3 Å². The van der Waals surface area contributed by atoms with Crippen molar-refractivity contribution in [3.63, 3.8) is 0 Å². The number of hydrogen-bond acceptors (Lipinski definition) is 4. The molecule has 2 N–H and O–H groups in total. The fourth-order valence-electron chi connectivity index (χ4n) is 1.80. The first kappa shape index (κ1) is 15.5. The fraction of sp³-hybridized carbons (Fsp3) is 0.231. The van der Waals surface area contributed by atoms with Crippen LogP contribution in [-0.2, 0) is 10.0 Å². The molecule has 1 aromatic carbocycles. The number of benzene rings is 1. The second kappa shape index (κ2) is 5.85. The number of nitrogen functional groups attached to an aromatic ring is 1. The van der Waals surface area contributed by atoms with Crippen LogP contribution in [-0.4, -0.2) is 19.8 Å². The van der Waals surface area contributed by atoms with Gasteiger partial charge in [-0.3, -0.25) is 0 Å². The zero-order chi connectivity index (χ0) is 14.9. The first-order valence-corrected chi connectivity index (χ1v) is 9.02. The van der Waals surface area contributed by atoms with Crippen LogP contribution in [0.5, 0.6) is 0 Å². The molecular weight excluding hydrogens is 360 g/mol. The molecule has 2 rings (SSSR count). The highest BCUT2D eigenvalue weighted by atomic mass is 79.9. The molecule has 0 saturated heterocycles. The molecule has 0 aliphatic rings. The third kappa shape index (κ3) is 2.90. The lowest BCUT2D eigenvalue weighted by molar-refractivity contribution is 0.402. The number of rotatable bonds is 4. The van der Waals surface area contributed by atoms with E-state index < -0.39 is 10.0 Å². The van der Waals surface area contributed by atoms with Crippen LogP contribution in [0.2, 0.25) is 0 Å². The number of thiophene rings is 1. The Kier molecular flexibility index (Phi) is 4.53. The summed E-state index contributed by atoms with van der Waals surface area (Å²) in [6.45, 7) is 1.87. The van der Waals surface area contributed by atoms with Gasteiger partial charge in [-0.2, -0.15) is 4.31 Å². The molecule has 0 radical (unpaired) electrons. The zero-order valence-electron chi connectivity index (χ0n) is 11.1. The highest BCUT2D eigenvalue weighted by molar-refractivity contribution is 9.10. The topological polar surface area (TPSA) is 63.4 Å². The first-order valence-electron chi connectivity index (χ1n) is 5.90. The molecule has 0 aliphatic heterocycles. The van der Waals surface area contributed by atoms with Gasteiger partial charge in [0.2, 0.25) is 10.0 Å². The lowest BCUT2D eigenvalue weighted by Gasteiger charge is -2.24. The van der Waals surface area contributed by atoms with Gasteiger partial charge in [-0.15, -0.1) is 11.3 Å². The van der Waals surface area contributed by atoms with Crippen LogP contribution < -0.4 is 5.73 Å². The van der Waals surface area contributed by atoms with Gasteiger partial charge in [0.05, 0.1) is 10.9 Å². The number of nitrogens with two attached hydrogens (primary N) is 1. The quantitative estimate of drug-likeness (QED) is 0.833. The average Bonchev–Trinajstić information content (AvgIpc) is 2.90. The van der Waals surface area contributed by atoms with Crippen molar-refractivity contribution in [1.82, 2.24) is 4.31 Å². The number of sulfonamides is 1. The largest absolute Gasteiger partial charge is 0.399 e. The molecule has 20 heavy (non-hydrogen) atoms. The van der Waals surface area contributed by atoms with Gasteiger partial charge in [-0.1, -0.05) is 6.07 Å². The Balaban J connectivity index is 2.39. The fourth-order valence-corrected chi connectivity index (χ4v) is 5.09. The molecule has 108 valence electrons. The summed E-state index contributed by atoms with van der Waals surface area (Å²) in [5.41, 5.74) is 6.17. The minimum absolute atomic E-state index is 0.218. The lowest BCUT2D eigenvalue weighted by Crippen LogP contribution is -2.29. The lowest BCUT2D eigenvalue weighted by atomic mass is 10.3. The second-order valence-corrected chi connectivity index (χ2v) is 8.20. The summed E-state index contributed by atoms with van der Waals surface area (Å²) in [7, 11) is -1.99. The molecule has 2 aromatic rings. The molecule has 0 saturated carbocycles. The number of hydrogen-bond donors (Lipinski definition) is 1. The summed E-state index contributed by atoms with van der Waals surface area (Å²) in [4.78, 5) is 1.22. The predicted molar refractivity (Wildman–Crippen MR) is 86.2 cm³/mol. The maximum absolute atomic E-state index is 12.7. The van der Waals surface area contributed by atoms with Gasteiger partial charge >= 0.3 is 0 Å². The highest BCUT2D eigenvalue weighted by Crippen LogP contribution is 2.32. The third-order valence-electron chi connectivity index (χ3n) is 3.11. The number of halogens is 1. The molecule has 0 aliphatic carbocycles. The number of anilines is 1. The molecule has 1 unspecified atom stereocenters. The summed E-state index contributed by atoms with van der Waals surface area (Å²) in [5.74, 6) is 0. The van der Waals surface area contributed by atoms with Gasteiger partial charge in [0.1, 0.15) is 0 Å². The minimum atomic E-state index is -3.57. The van der Waals surface area contributed by atoms with Gasteiger partial charge in [0.15, 0.2) is 0 Å². The Morgan fingerprint density at radius 3 is 2.60 bits per heavy atom. The molecule has 1 aromatic heterocycles. The summed E-state index contributed by atoms with van der Waals surface area (Å²) >= 11 is 4.81. The molecule has 1 atom stereocenters. The van der Waals surface area contributed by atoms with Gasteiger partial charge < -0.3 is 5.73 Å². The third-order valence-corrected chi connectivity index (χ3v) is 7.06. The maximum Gasteiger partial charge on any atom is 0.244 e. The van der Waals surface area contributed by atoms with Crippen molar-refractivity contribution in [2.24, 2.45) is 0 Å². The Morgan fingerprint density at radius 1 is 1.35 bits per heavy atom. The summed E-state index contributed by atoms with van der Waals surface area (Å²) in [6, 6.07) is 8.32. The summed E-state index contributed by atoms with van der Waals surface area (Å²) in [6.07, 6.45) is 0. The van der Waals surface area contributed by atoms with Crippen LogP contribution in [0.1, 0.15) is 17.8 Å². The van der Waals surface area contributed by atoms with Crippen LogP contribution in [0.15, 0.2) is 45.1 Å². The van der Waals surface area contributed by atoms with E-state index in [4.69, 9.17) is 5.73 Å². The molecule has 7 heteroatoms. The van der Waals surface area contributed by atoms with Crippen molar-refractivity contribution in [1.29, 1.82) is 0 Å². The smallest absolute Gasteiger partial charge is 0.244 e. The zero-order valence-corrected chi connectivity index (χ0v) is 14.3. The van der Waals surface area contributed by atoms with Crippen molar-refractivity contribution >= 4 is 43.0 Å². The van der Waals surface area contributed by atoms with Crippen molar-refractivity contribution in [2.75, 3.05) is 12.8 Å². The molecule has 0 fully saturated rings. The first-order chi connectivity index (χ1) is 9.34. The SMILES string of the molecule is CC(c1cccs1)N(C)S(=O)(=O)c1ccc(N)cc1Br. The molecule has 4 nitrogen and oxygen atoms in total. The van der Waals surface area contributed by atoms with E-state index >= 15 is 0 Å². The Labute approximate surface area is 131 Å². The summed E-state index contributed by atoms with van der Waals surface area (Å²) in [5, 5.41) is 1.94. The van der Waals surface area contributed by atoms with Crippen molar-refractivity contribution < 1.29 is 8.42 Å². The van der Waals surface area contributed by atoms with Gasteiger partial charge in [-0.05, 0) is 52.5 Å². The van der Waals surface area contributed by atoms with E-state index in [2.05, 4.69) is 15.9 Å². The van der Waals surface area contributed by atoms with Gasteiger partial charge in [0.25, 0.3) is 0 Å². The van der Waals surface area contributed by atoms with Crippen molar-refractivity contribution in [2.45, 2.75) is 17.9 Å². The second-order valence-electron chi connectivity index (χ2n) is 4.40. The van der Waals surface area contributed by atoms with E-state index in [0.717, 1.165) is 4.88 Å². The van der Waals surface area contributed by atoms with Gasteiger partial charge in [0, 0.05) is 22.1 Å². The molecular formula is C13H15BrN2O2S2. The molecule has 1 heterocycles. The summed E-state index contributed by atoms with van der Waals surface area (Å²) < 4.78 is 27.2. The minimum Gasteiger partial charge on any atom is -0.399 e. The Hall–Kier alpha value is -0.890. The highest BCUT2D eigenvalue weighted by Gasteiger charge is 2.28. The predicted octanol–water partition coefficient (Wildman–Crippen LogP) is 3.47. The molecule has 0 bridgehead atoms. The standard InChI is InChI=1S/C13H15BrN2O2S2/c1-9(12-4-3-7-19-12)16(2)20(17,18)13-6-5-10(15)8-11(13)14/h3-9H,15H2,1-2H3. The van der Waals surface area contributed by atoms with Crippen LogP contribution in [0.4, 0.5) is 5.69 Å². The Morgan fingerprint density at radius 2 is 2.05 bits per heavy atom. The average molecular weight is 375 g/mol. The number of nitrogens with zero attached hydrogens (tertiary/aromatic N) is 1. The Bertz CT molecular complexity index is 699. The van der Waals surface area contributed by atoms with E-state index in [1.54, 1.807) is 19.2 Å². The van der Waals surface area contributed by atoms with Crippen molar-refractivity contribution in [3.8, 4) is 0 Å². The van der Waals surface area contributed by atoms with E-state index in [1.807, 2.05) is 24.4 Å². The van der Waals surface area contributed by atoms with E-state index in [0.29, 0.717) is 10.2 Å². The van der Waals surface area contributed by atoms with Crippen LogP contribution in [0, 0.1) is 0 Å². The molecule has 0 amide bonds. The van der Waals surface area contributed by atoms with Gasteiger partial charge in [-0.25, -0.2) is 8.42 Å². The van der Waals surface area contributed by atoms with Crippen LogP contribution in [0.3, 0.4) is 0 Å². The van der Waals surface area contributed by atoms with E-state index in [1.165, 1.54) is 21.7 Å². The van der Waals surface area contributed by atoms with Crippen molar-refractivity contribution in [3.05, 3.63) is 45.1 Å². The van der Waals surface area contributed by atoms with Crippen LogP contribution in [0.25, 0.3) is 0 Å². The maximum atomic E-state index is 12.7. The van der Waals surface area contributed by atoms with E-state index in [9.17, 15) is 8.42 Å². The van der Waals surface area contributed by atoms with E-state index in [-0.39, 0.29) is 10.9 Å².